The van der Waals surface area contributed by atoms with Crippen molar-refractivity contribution in [1.29, 1.82) is 0 Å². The number of methoxy groups -OCH3 is 1. The largest absolute Gasteiger partial charge is 0.383 e. The first-order valence-corrected chi connectivity index (χ1v) is 6.75. The second-order valence-electron chi connectivity index (χ2n) is 4.89. The van der Waals surface area contributed by atoms with Crippen molar-refractivity contribution >= 4 is 0 Å². The van der Waals surface area contributed by atoms with Crippen LogP contribution in [-0.4, -0.2) is 37.7 Å². The summed E-state index contributed by atoms with van der Waals surface area (Å²) in [5, 5.41) is 0. The number of halogens is 1. The van der Waals surface area contributed by atoms with Gasteiger partial charge in [0, 0.05) is 25.7 Å². The SMILES string of the molecule is CCN(C(C)COC)C(CN)c1ccc(C)c(F)c1. The zero-order chi connectivity index (χ0) is 14.4. The van der Waals surface area contributed by atoms with Crippen LogP contribution in [0.25, 0.3) is 0 Å². The van der Waals surface area contributed by atoms with Crippen molar-refractivity contribution in [3.05, 3.63) is 35.1 Å². The first-order valence-electron chi connectivity index (χ1n) is 6.75. The van der Waals surface area contributed by atoms with E-state index in [1.807, 2.05) is 12.1 Å². The van der Waals surface area contributed by atoms with E-state index >= 15 is 0 Å². The highest BCUT2D eigenvalue weighted by Crippen LogP contribution is 2.23. The van der Waals surface area contributed by atoms with E-state index in [4.69, 9.17) is 10.5 Å². The molecule has 1 rings (SSSR count). The van der Waals surface area contributed by atoms with Gasteiger partial charge < -0.3 is 10.5 Å². The summed E-state index contributed by atoms with van der Waals surface area (Å²) in [6.07, 6.45) is 0. The standard InChI is InChI=1S/C15H25FN2O/c1-5-18(12(3)10-19-4)15(9-17)13-7-6-11(2)14(16)8-13/h6-8,12,15H,5,9-10,17H2,1-4H3. The number of nitrogens with two attached hydrogens (primary N) is 1. The molecular formula is C15H25FN2O. The van der Waals surface area contributed by atoms with Crippen LogP contribution >= 0.6 is 0 Å². The molecule has 0 fully saturated rings. The minimum atomic E-state index is -0.175. The fourth-order valence-corrected chi connectivity index (χ4v) is 2.46. The molecule has 108 valence electrons. The number of hydrogen-bond acceptors (Lipinski definition) is 3. The molecule has 1 aromatic rings. The summed E-state index contributed by atoms with van der Waals surface area (Å²) < 4.78 is 18.9. The predicted octanol–water partition coefficient (Wildman–Crippen LogP) is 2.49. The van der Waals surface area contributed by atoms with E-state index in [2.05, 4.69) is 18.7 Å². The Morgan fingerprint density at radius 1 is 1.42 bits per heavy atom. The summed E-state index contributed by atoms with van der Waals surface area (Å²) in [5.74, 6) is -0.175. The van der Waals surface area contributed by atoms with Crippen LogP contribution in [0.1, 0.15) is 31.0 Å². The first-order chi connectivity index (χ1) is 9.04. The van der Waals surface area contributed by atoms with Gasteiger partial charge in [-0.25, -0.2) is 4.39 Å². The molecule has 2 unspecified atom stereocenters. The van der Waals surface area contributed by atoms with E-state index in [9.17, 15) is 4.39 Å². The molecular weight excluding hydrogens is 243 g/mol. The van der Waals surface area contributed by atoms with Crippen molar-refractivity contribution in [3.8, 4) is 0 Å². The van der Waals surface area contributed by atoms with Gasteiger partial charge in [0.2, 0.25) is 0 Å². The Hall–Kier alpha value is -0.970. The summed E-state index contributed by atoms with van der Waals surface area (Å²) in [7, 11) is 1.69. The minimum Gasteiger partial charge on any atom is -0.383 e. The number of hydrogen-bond donors (Lipinski definition) is 1. The van der Waals surface area contributed by atoms with Crippen LogP contribution in [0, 0.1) is 12.7 Å². The van der Waals surface area contributed by atoms with Crippen molar-refractivity contribution < 1.29 is 9.13 Å². The number of rotatable bonds is 7. The Balaban J connectivity index is 2.99. The van der Waals surface area contributed by atoms with Gasteiger partial charge in [-0.2, -0.15) is 0 Å². The van der Waals surface area contributed by atoms with Crippen LogP contribution in [0.5, 0.6) is 0 Å². The maximum Gasteiger partial charge on any atom is 0.126 e. The molecule has 0 aliphatic heterocycles. The zero-order valence-electron chi connectivity index (χ0n) is 12.3. The molecule has 0 radical (unpaired) electrons. The van der Waals surface area contributed by atoms with E-state index in [-0.39, 0.29) is 17.9 Å². The highest BCUT2D eigenvalue weighted by atomic mass is 19.1. The van der Waals surface area contributed by atoms with Gasteiger partial charge in [-0.05, 0) is 37.6 Å². The van der Waals surface area contributed by atoms with Gasteiger partial charge in [0.1, 0.15) is 5.82 Å². The van der Waals surface area contributed by atoms with Crippen LogP contribution in [0.15, 0.2) is 18.2 Å². The number of likely N-dealkylation sites (N-methyl/N-ethyl adjacent to an activating group) is 1. The summed E-state index contributed by atoms with van der Waals surface area (Å²) in [6, 6.07) is 5.62. The second kappa shape index (κ2) is 7.58. The van der Waals surface area contributed by atoms with Crippen molar-refractivity contribution in [2.24, 2.45) is 5.73 Å². The Morgan fingerprint density at radius 3 is 2.58 bits per heavy atom. The van der Waals surface area contributed by atoms with Gasteiger partial charge in [0.25, 0.3) is 0 Å². The third kappa shape index (κ3) is 4.00. The van der Waals surface area contributed by atoms with Gasteiger partial charge in [-0.15, -0.1) is 0 Å². The molecule has 2 N–H and O–H groups in total. The number of benzene rings is 1. The molecule has 0 aliphatic rings. The Morgan fingerprint density at radius 2 is 2.11 bits per heavy atom. The number of nitrogens with zero attached hydrogens (tertiary/aromatic N) is 1. The quantitative estimate of drug-likeness (QED) is 0.825. The number of ether oxygens (including phenoxy) is 1. The normalized spacial score (nSPS) is 14.7. The minimum absolute atomic E-state index is 0.0187. The van der Waals surface area contributed by atoms with Gasteiger partial charge in [-0.3, -0.25) is 4.90 Å². The van der Waals surface area contributed by atoms with Crippen LogP contribution in [-0.2, 0) is 4.74 Å². The predicted molar refractivity (Wildman–Crippen MR) is 76.7 cm³/mol. The van der Waals surface area contributed by atoms with E-state index < -0.39 is 0 Å². The summed E-state index contributed by atoms with van der Waals surface area (Å²) in [6.45, 7) is 7.90. The van der Waals surface area contributed by atoms with Crippen molar-refractivity contribution in [3.63, 3.8) is 0 Å². The van der Waals surface area contributed by atoms with Gasteiger partial charge in [0.15, 0.2) is 0 Å². The molecule has 0 aliphatic carbocycles. The molecule has 0 saturated carbocycles. The van der Waals surface area contributed by atoms with E-state index in [1.165, 1.54) is 0 Å². The molecule has 4 heteroatoms. The lowest BCUT2D eigenvalue weighted by Crippen LogP contribution is -2.42. The topological polar surface area (TPSA) is 38.5 Å². The third-order valence-corrected chi connectivity index (χ3v) is 3.54. The molecule has 19 heavy (non-hydrogen) atoms. The second-order valence-corrected chi connectivity index (χ2v) is 4.89. The fraction of sp³-hybridized carbons (Fsp3) is 0.600. The molecule has 0 amide bonds. The Kier molecular flexibility index (Phi) is 6.42. The van der Waals surface area contributed by atoms with Crippen LogP contribution < -0.4 is 5.73 Å². The lowest BCUT2D eigenvalue weighted by Gasteiger charge is -2.35. The maximum atomic E-state index is 13.7. The smallest absolute Gasteiger partial charge is 0.126 e. The van der Waals surface area contributed by atoms with E-state index in [1.54, 1.807) is 20.1 Å². The Bertz CT molecular complexity index is 398. The maximum absolute atomic E-state index is 13.7. The molecule has 0 bridgehead atoms. The zero-order valence-corrected chi connectivity index (χ0v) is 12.3. The number of aryl methyl sites for hydroxylation is 1. The molecule has 0 aromatic heterocycles. The first kappa shape index (κ1) is 16.1. The van der Waals surface area contributed by atoms with Crippen LogP contribution in [0.2, 0.25) is 0 Å². The summed E-state index contributed by atoms with van der Waals surface area (Å²) >= 11 is 0. The summed E-state index contributed by atoms with van der Waals surface area (Å²) in [5.41, 5.74) is 7.48. The van der Waals surface area contributed by atoms with Gasteiger partial charge in [0.05, 0.1) is 6.61 Å². The molecule has 0 spiro atoms. The Labute approximate surface area is 115 Å². The highest BCUT2D eigenvalue weighted by molar-refractivity contribution is 5.26. The molecule has 2 atom stereocenters. The average Bonchev–Trinajstić information content (AvgIpc) is 2.39. The molecule has 1 aromatic carbocycles. The van der Waals surface area contributed by atoms with Crippen molar-refractivity contribution in [2.45, 2.75) is 32.9 Å². The van der Waals surface area contributed by atoms with E-state index in [0.29, 0.717) is 18.7 Å². The van der Waals surface area contributed by atoms with Crippen molar-refractivity contribution in [1.82, 2.24) is 4.90 Å². The average molecular weight is 268 g/mol. The van der Waals surface area contributed by atoms with E-state index in [0.717, 1.165) is 12.1 Å². The third-order valence-electron chi connectivity index (χ3n) is 3.54. The lowest BCUT2D eigenvalue weighted by atomic mass is 10.0. The summed E-state index contributed by atoms with van der Waals surface area (Å²) in [4.78, 5) is 2.24. The monoisotopic (exact) mass is 268 g/mol. The van der Waals surface area contributed by atoms with Gasteiger partial charge >= 0.3 is 0 Å². The molecule has 3 nitrogen and oxygen atoms in total. The van der Waals surface area contributed by atoms with Gasteiger partial charge in [-0.1, -0.05) is 19.1 Å². The van der Waals surface area contributed by atoms with Crippen molar-refractivity contribution in [2.75, 3.05) is 26.8 Å². The van der Waals surface area contributed by atoms with Crippen LogP contribution in [0.4, 0.5) is 4.39 Å². The fourth-order valence-electron chi connectivity index (χ4n) is 2.46. The lowest BCUT2D eigenvalue weighted by molar-refractivity contribution is 0.0750. The molecule has 0 heterocycles. The molecule has 0 saturated heterocycles. The highest BCUT2D eigenvalue weighted by Gasteiger charge is 2.23. The van der Waals surface area contributed by atoms with Crippen LogP contribution in [0.3, 0.4) is 0 Å².